The van der Waals surface area contributed by atoms with Crippen LogP contribution in [0.25, 0.3) is 55.2 Å². The van der Waals surface area contributed by atoms with Gasteiger partial charge in [0.25, 0.3) is 0 Å². The summed E-state index contributed by atoms with van der Waals surface area (Å²) in [6.45, 7) is 0. The lowest BCUT2D eigenvalue weighted by Gasteiger charge is -2.26. The van der Waals surface area contributed by atoms with Crippen LogP contribution in [0, 0.1) is 0 Å². The zero-order valence-corrected chi connectivity index (χ0v) is 25.1. The SMILES string of the molecule is Cn1c2ccccc2c2cc(-c3ccc(-c4ccc(N(c5ccccc5)c5ccc(-c6ccccc6)cc5)cc4)cc3)ccc21. The molecule has 0 bridgehead atoms. The first-order valence-electron chi connectivity index (χ1n) is 15.4. The van der Waals surface area contributed by atoms with Crippen LogP contribution in [0.5, 0.6) is 0 Å². The van der Waals surface area contributed by atoms with Crippen LogP contribution in [0.3, 0.4) is 0 Å². The van der Waals surface area contributed by atoms with Gasteiger partial charge in [0.05, 0.1) is 0 Å². The predicted molar refractivity (Wildman–Crippen MR) is 191 cm³/mol. The van der Waals surface area contributed by atoms with E-state index in [2.05, 4.69) is 192 Å². The smallest absolute Gasteiger partial charge is 0.0489 e. The number of hydrogen-bond acceptors (Lipinski definition) is 1. The first kappa shape index (κ1) is 26.7. The van der Waals surface area contributed by atoms with Gasteiger partial charge in [-0.3, -0.25) is 0 Å². The van der Waals surface area contributed by atoms with E-state index >= 15 is 0 Å². The first-order valence-corrected chi connectivity index (χ1v) is 15.4. The standard InChI is InChI=1S/C43H32N2/c1-44-42-15-9-8-14-40(42)41-30-36(24-29-43(41)44)35-18-16-32(17-19-35)34-22-27-39(28-23-34)45(37-12-6-3-7-13-37)38-25-20-33(21-26-38)31-10-4-2-5-11-31/h2-30H,1H3. The highest BCUT2D eigenvalue weighted by atomic mass is 15.1. The number of benzene rings is 7. The number of para-hydroxylation sites is 2. The molecule has 0 aliphatic carbocycles. The van der Waals surface area contributed by atoms with Crippen molar-refractivity contribution < 1.29 is 0 Å². The topological polar surface area (TPSA) is 8.17 Å². The van der Waals surface area contributed by atoms with E-state index in [1.54, 1.807) is 0 Å². The number of aryl methyl sites for hydroxylation is 1. The maximum Gasteiger partial charge on any atom is 0.0489 e. The molecule has 0 aliphatic rings. The predicted octanol–water partition coefficient (Wildman–Crippen LogP) is 11.8. The molecule has 45 heavy (non-hydrogen) atoms. The van der Waals surface area contributed by atoms with Gasteiger partial charge in [-0.25, -0.2) is 0 Å². The van der Waals surface area contributed by atoms with Crippen LogP contribution >= 0.6 is 0 Å². The van der Waals surface area contributed by atoms with E-state index in [-0.39, 0.29) is 0 Å². The van der Waals surface area contributed by atoms with Gasteiger partial charge in [-0.2, -0.15) is 0 Å². The maximum absolute atomic E-state index is 2.33. The lowest BCUT2D eigenvalue weighted by atomic mass is 9.99. The third-order valence-electron chi connectivity index (χ3n) is 8.84. The molecule has 1 aromatic heterocycles. The highest BCUT2D eigenvalue weighted by Gasteiger charge is 2.13. The fraction of sp³-hybridized carbons (Fsp3) is 0.0233. The minimum Gasteiger partial charge on any atom is -0.344 e. The Balaban J connectivity index is 1.09. The second-order valence-electron chi connectivity index (χ2n) is 11.5. The lowest BCUT2D eigenvalue weighted by Crippen LogP contribution is -2.09. The van der Waals surface area contributed by atoms with Gasteiger partial charge in [-0.05, 0) is 88.0 Å². The summed E-state index contributed by atoms with van der Waals surface area (Å²) in [4.78, 5) is 2.31. The van der Waals surface area contributed by atoms with Gasteiger partial charge in [-0.15, -0.1) is 0 Å². The van der Waals surface area contributed by atoms with Crippen molar-refractivity contribution in [3.05, 3.63) is 176 Å². The van der Waals surface area contributed by atoms with Crippen molar-refractivity contribution in [2.24, 2.45) is 7.05 Å². The van der Waals surface area contributed by atoms with Gasteiger partial charge in [-0.1, -0.05) is 121 Å². The molecule has 2 heteroatoms. The van der Waals surface area contributed by atoms with E-state index in [1.807, 2.05) is 0 Å². The molecule has 0 atom stereocenters. The number of rotatable bonds is 6. The third-order valence-corrected chi connectivity index (χ3v) is 8.84. The summed E-state index contributed by atoms with van der Waals surface area (Å²) in [6, 6.07) is 63.2. The molecule has 8 aromatic rings. The Morgan fingerprint density at radius 2 is 0.733 bits per heavy atom. The highest BCUT2D eigenvalue weighted by Crippen LogP contribution is 2.37. The van der Waals surface area contributed by atoms with Gasteiger partial charge in [0.1, 0.15) is 0 Å². The largest absolute Gasteiger partial charge is 0.344 e. The van der Waals surface area contributed by atoms with E-state index in [4.69, 9.17) is 0 Å². The molecule has 7 aromatic carbocycles. The molecule has 0 saturated heterocycles. The van der Waals surface area contributed by atoms with Crippen molar-refractivity contribution >= 4 is 38.9 Å². The van der Waals surface area contributed by atoms with Gasteiger partial charge in [0.15, 0.2) is 0 Å². The molecule has 0 unspecified atom stereocenters. The molecule has 0 spiro atoms. The average molecular weight is 577 g/mol. The summed E-state index contributed by atoms with van der Waals surface area (Å²) in [5.41, 5.74) is 13.2. The molecule has 0 fully saturated rings. The zero-order valence-electron chi connectivity index (χ0n) is 25.1. The second kappa shape index (κ2) is 11.3. The number of aromatic nitrogens is 1. The van der Waals surface area contributed by atoms with E-state index < -0.39 is 0 Å². The summed E-state index contributed by atoms with van der Waals surface area (Å²) >= 11 is 0. The van der Waals surface area contributed by atoms with Gasteiger partial charge in [0, 0.05) is 45.9 Å². The van der Waals surface area contributed by atoms with Gasteiger partial charge >= 0.3 is 0 Å². The summed E-state index contributed by atoms with van der Waals surface area (Å²) in [7, 11) is 2.14. The molecule has 214 valence electrons. The van der Waals surface area contributed by atoms with E-state index in [0.717, 1.165) is 17.1 Å². The molecule has 8 rings (SSSR count). The molecule has 0 radical (unpaired) electrons. The molecule has 2 nitrogen and oxygen atoms in total. The quantitative estimate of drug-likeness (QED) is 0.191. The Morgan fingerprint density at radius 1 is 0.333 bits per heavy atom. The number of anilines is 3. The Hall–Kier alpha value is -5.86. The highest BCUT2D eigenvalue weighted by molar-refractivity contribution is 6.09. The van der Waals surface area contributed by atoms with Crippen molar-refractivity contribution in [1.29, 1.82) is 0 Å². The van der Waals surface area contributed by atoms with E-state index in [9.17, 15) is 0 Å². The van der Waals surface area contributed by atoms with Crippen molar-refractivity contribution in [2.45, 2.75) is 0 Å². The fourth-order valence-corrected chi connectivity index (χ4v) is 6.46. The van der Waals surface area contributed by atoms with Crippen LogP contribution in [0.1, 0.15) is 0 Å². The molecular weight excluding hydrogens is 544 g/mol. The van der Waals surface area contributed by atoms with E-state index in [1.165, 1.54) is 55.2 Å². The van der Waals surface area contributed by atoms with Crippen molar-refractivity contribution in [1.82, 2.24) is 4.57 Å². The van der Waals surface area contributed by atoms with Crippen LogP contribution in [-0.2, 0) is 7.05 Å². The van der Waals surface area contributed by atoms with Crippen molar-refractivity contribution in [3.8, 4) is 33.4 Å². The number of hydrogen-bond donors (Lipinski definition) is 0. The molecule has 0 aliphatic heterocycles. The molecule has 0 N–H and O–H groups in total. The Labute approximate surface area is 264 Å². The monoisotopic (exact) mass is 576 g/mol. The summed E-state index contributed by atoms with van der Waals surface area (Å²) in [5, 5.41) is 2.59. The normalized spacial score (nSPS) is 11.2. The Kier molecular flexibility index (Phi) is 6.73. The summed E-state index contributed by atoms with van der Waals surface area (Å²) < 4.78 is 2.28. The second-order valence-corrected chi connectivity index (χ2v) is 11.5. The summed E-state index contributed by atoms with van der Waals surface area (Å²) in [5.74, 6) is 0. The first-order chi connectivity index (χ1) is 22.2. The third kappa shape index (κ3) is 4.97. The van der Waals surface area contributed by atoms with Crippen LogP contribution in [0.15, 0.2) is 176 Å². The van der Waals surface area contributed by atoms with Crippen LogP contribution in [0.2, 0.25) is 0 Å². The van der Waals surface area contributed by atoms with Crippen LogP contribution in [0.4, 0.5) is 17.1 Å². The van der Waals surface area contributed by atoms with Crippen LogP contribution in [-0.4, -0.2) is 4.57 Å². The fourth-order valence-electron chi connectivity index (χ4n) is 6.46. The van der Waals surface area contributed by atoms with Crippen molar-refractivity contribution in [2.75, 3.05) is 4.90 Å². The lowest BCUT2D eigenvalue weighted by molar-refractivity contribution is 1.01. The van der Waals surface area contributed by atoms with Gasteiger partial charge in [0.2, 0.25) is 0 Å². The Bertz CT molecular complexity index is 2230. The summed E-state index contributed by atoms with van der Waals surface area (Å²) in [6.07, 6.45) is 0. The molecule has 1 heterocycles. The zero-order chi connectivity index (χ0) is 30.2. The van der Waals surface area contributed by atoms with Crippen LogP contribution < -0.4 is 4.90 Å². The Morgan fingerprint density at radius 3 is 1.33 bits per heavy atom. The maximum atomic E-state index is 2.33. The molecule has 0 amide bonds. The van der Waals surface area contributed by atoms with Crippen molar-refractivity contribution in [3.63, 3.8) is 0 Å². The van der Waals surface area contributed by atoms with Gasteiger partial charge < -0.3 is 9.47 Å². The average Bonchev–Trinajstić information content (AvgIpc) is 3.41. The minimum atomic E-state index is 1.12. The number of nitrogens with zero attached hydrogens (tertiary/aromatic N) is 2. The minimum absolute atomic E-state index is 1.12. The molecular formula is C43H32N2. The molecule has 0 saturated carbocycles. The van der Waals surface area contributed by atoms with E-state index in [0.29, 0.717) is 0 Å². The number of fused-ring (bicyclic) bond motifs is 3.